The Bertz CT molecular complexity index is 1730. The fourth-order valence-corrected chi connectivity index (χ4v) is 6.52. The predicted molar refractivity (Wildman–Crippen MR) is 138 cm³/mol. The Balaban J connectivity index is 0.00000221. The molecule has 244 valence electrons. The number of aromatic nitrogens is 6. The normalized spacial score (nSPS) is 37.5. The van der Waals surface area contributed by atoms with Crippen LogP contribution in [0.3, 0.4) is 0 Å². The molecule has 0 aliphatic carbocycles. The van der Waals surface area contributed by atoms with E-state index in [4.69, 9.17) is 33.3 Å². The van der Waals surface area contributed by atoms with Crippen LogP contribution in [-0.4, -0.2) is 79.0 Å². The number of fused-ring (bicyclic) bond motifs is 5. The second-order valence-corrected chi connectivity index (χ2v) is 12.0. The molecule has 0 radical (unpaired) electrons. The Labute approximate surface area is 243 Å². The summed E-state index contributed by atoms with van der Waals surface area (Å²) in [5, 5.41) is 0. The Kier molecular flexibility index (Phi) is 9.53. The standard InChI is InChI=1S/C19H21F2N7O12P2.2H3N/c20-10-7-3-35-42(33,34)40-14-11(21)8(38-18(14)28-6-25-12-15(22)23-5-24-16(12)28)4-36-41(31,32)39-13(10)17(37-7)27-2-1-9(29)26-19(27)30;;/h1-2,5-8,10-11,13-14,17-18H,3-4H2,(H,31,32)(H,33,34)(H2,22,23,24)(H,26,29,30);2*1H3/t7-,8-,10-,11-,13-,14-,17-,18-;;/m1../s1. The number of anilines is 1. The minimum atomic E-state index is -5.50. The van der Waals surface area contributed by atoms with Gasteiger partial charge < -0.3 is 55.4 Å². The van der Waals surface area contributed by atoms with Crippen LogP contribution in [0.2, 0.25) is 0 Å². The summed E-state index contributed by atoms with van der Waals surface area (Å²) < 4.78 is 88.6. The number of nitrogens with two attached hydrogens (primary N) is 1. The molecule has 21 nitrogen and oxygen atoms in total. The Morgan fingerprint density at radius 1 is 0.909 bits per heavy atom. The van der Waals surface area contributed by atoms with Gasteiger partial charge in [-0.1, -0.05) is 0 Å². The number of quaternary nitrogens is 2. The van der Waals surface area contributed by atoms with Crippen LogP contribution in [0.1, 0.15) is 12.5 Å². The van der Waals surface area contributed by atoms with Gasteiger partial charge in [-0.25, -0.2) is 28.5 Å². The highest BCUT2D eigenvalue weighted by molar-refractivity contribution is 7.46. The van der Waals surface area contributed by atoms with Crippen LogP contribution in [0.5, 0.6) is 0 Å². The van der Waals surface area contributed by atoms with Gasteiger partial charge in [0.05, 0.1) is 19.5 Å². The minimum absolute atomic E-state index is 0. The summed E-state index contributed by atoms with van der Waals surface area (Å²) in [5.74, 6) is -0.0511. The number of rotatable bonds is 2. The van der Waals surface area contributed by atoms with Crippen LogP contribution in [0, 0.1) is 0 Å². The largest absolute Gasteiger partial charge is 0.756 e. The highest BCUT2D eigenvalue weighted by atomic mass is 31.2. The van der Waals surface area contributed by atoms with Crippen LogP contribution in [-0.2, 0) is 36.7 Å². The zero-order valence-corrected chi connectivity index (χ0v) is 24.5. The lowest BCUT2D eigenvalue weighted by atomic mass is 10.1. The second kappa shape index (κ2) is 12.4. The number of phosphoric acid groups is 2. The Morgan fingerprint density at radius 3 is 2.00 bits per heavy atom. The summed E-state index contributed by atoms with van der Waals surface area (Å²) in [7, 11) is -11.0. The number of imidazole rings is 1. The minimum Gasteiger partial charge on any atom is -0.756 e. The second-order valence-electron chi connectivity index (χ2n) is 9.25. The van der Waals surface area contributed by atoms with E-state index >= 15 is 8.78 Å². The molecule has 0 aromatic carbocycles. The number of alkyl halides is 2. The Morgan fingerprint density at radius 2 is 1.45 bits per heavy atom. The summed E-state index contributed by atoms with van der Waals surface area (Å²) in [6.07, 6.45) is -12.9. The number of phosphoric ester groups is 2. The quantitative estimate of drug-likeness (QED) is 0.235. The number of halogens is 2. The third kappa shape index (κ3) is 6.22. The van der Waals surface area contributed by atoms with Crippen LogP contribution in [0.4, 0.5) is 14.6 Å². The molecule has 3 fully saturated rings. The van der Waals surface area contributed by atoms with Crippen LogP contribution in [0.25, 0.3) is 11.2 Å². The first-order chi connectivity index (χ1) is 19.8. The molecule has 3 aliphatic heterocycles. The van der Waals surface area contributed by atoms with Crippen molar-refractivity contribution >= 4 is 32.6 Å². The number of nitrogen functional groups attached to an aromatic ring is 1. The van der Waals surface area contributed by atoms with Crippen molar-refractivity contribution < 1.29 is 55.3 Å². The maximum absolute atomic E-state index is 15.6. The number of nitrogens with zero attached hydrogens (tertiary/aromatic N) is 5. The van der Waals surface area contributed by atoms with Gasteiger partial charge in [0.1, 0.15) is 36.3 Å². The van der Waals surface area contributed by atoms with Crippen LogP contribution >= 0.6 is 15.6 Å². The molecule has 6 rings (SSSR count). The topological polar surface area (TPSA) is 333 Å². The molecule has 25 heteroatoms. The van der Waals surface area contributed by atoms with Gasteiger partial charge in [-0.05, 0) is 0 Å². The zero-order chi connectivity index (χ0) is 30.0. The van der Waals surface area contributed by atoms with Crippen molar-refractivity contribution in [1.29, 1.82) is 0 Å². The molecule has 0 amide bonds. The van der Waals surface area contributed by atoms with E-state index in [1.54, 1.807) is 0 Å². The predicted octanol–water partition coefficient (Wildman–Crippen LogP) is -1.06. The molecular weight excluding hydrogens is 646 g/mol. The number of nitrogens with one attached hydrogen (secondary N) is 1. The molecule has 2 unspecified atom stereocenters. The molecular formula is C19H27F2N9O12P2. The number of aromatic amines is 1. The molecule has 44 heavy (non-hydrogen) atoms. The summed E-state index contributed by atoms with van der Waals surface area (Å²) in [6, 6.07) is 0.865. The molecule has 6 heterocycles. The Hall–Kier alpha value is -3.05. The first-order valence-corrected chi connectivity index (χ1v) is 14.9. The van der Waals surface area contributed by atoms with Crippen molar-refractivity contribution in [2.75, 3.05) is 18.9 Å². The molecule has 3 aromatic rings. The lowest BCUT2D eigenvalue weighted by molar-refractivity contribution is -0.237. The highest BCUT2D eigenvalue weighted by Gasteiger charge is 2.52. The molecule has 0 spiro atoms. The molecule has 3 saturated heterocycles. The van der Waals surface area contributed by atoms with E-state index in [9.17, 15) is 28.5 Å². The maximum Gasteiger partial charge on any atom is 0.330 e. The van der Waals surface area contributed by atoms with Gasteiger partial charge in [0.2, 0.25) is 0 Å². The molecule has 3 aromatic heterocycles. The number of ether oxygens (including phenoxy) is 2. The van der Waals surface area contributed by atoms with Gasteiger partial charge in [-0.3, -0.25) is 28.0 Å². The SMILES string of the molecule is Nc1ncnc2c1ncn2[C@@H]1O[C@@H]2COP(=O)([O-])O[C@@H]3[C@H](F)[C@@H](COP(=O)([O-])O[C@@H]1[C@@H]2F)O[C@H]3n1ccc(=O)[nH]c1=O.[NH4+].[NH4+]. The monoisotopic (exact) mass is 673 g/mol. The molecule has 0 saturated carbocycles. The summed E-state index contributed by atoms with van der Waals surface area (Å²) in [4.78, 5) is 62.9. The molecule has 10 atom stereocenters. The van der Waals surface area contributed by atoms with Gasteiger partial charge in [-0.2, -0.15) is 0 Å². The summed E-state index contributed by atoms with van der Waals surface area (Å²) >= 11 is 0. The van der Waals surface area contributed by atoms with Crippen molar-refractivity contribution in [3.8, 4) is 0 Å². The van der Waals surface area contributed by atoms with E-state index in [0.29, 0.717) is 4.57 Å². The van der Waals surface area contributed by atoms with Gasteiger partial charge in [-0.15, -0.1) is 0 Å². The van der Waals surface area contributed by atoms with Crippen molar-refractivity contribution in [1.82, 2.24) is 41.4 Å². The van der Waals surface area contributed by atoms with Crippen LogP contribution in [0.15, 0.2) is 34.5 Å². The van der Waals surface area contributed by atoms with Crippen molar-refractivity contribution in [3.05, 3.63) is 45.8 Å². The van der Waals surface area contributed by atoms with Crippen molar-refractivity contribution in [3.63, 3.8) is 0 Å². The molecule has 4 bridgehead atoms. The number of hydrogen-bond acceptors (Lipinski definition) is 16. The lowest BCUT2D eigenvalue weighted by Crippen LogP contribution is -2.39. The summed E-state index contributed by atoms with van der Waals surface area (Å²) in [6.45, 7) is -2.19. The summed E-state index contributed by atoms with van der Waals surface area (Å²) in [5.41, 5.74) is 3.90. The van der Waals surface area contributed by atoms with Gasteiger partial charge in [0.25, 0.3) is 21.2 Å². The lowest BCUT2D eigenvalue weighted by Gasteiger charge is -2.31. The van der Waals surface area contributed by atoms with Crippen molar-refractivity contribution in [2.45, 2.75) is 49.2 Å². The molecule has 3 aliphatic rings. The smallest absolute Gasteiger partial charge is 0.330 e. The fourth-order valence-electron chi connectivity index (χ4n) is 4.70. The van der Waals surface area contributed by atoms with Gasteiger partial charge >= 0.3 is 5.69 Å². The maximum atomic E-state index is 15.6. The van der Waals surface area contributed by atoms with E-state index in [1.807, 2.05) is 4.98 Å². The van der Waals surface area contributed by atoms with E-state index in [0.717, 1.165) is 29.5 Å². The van der Waals surface area contributed by atoms with Crippen LogP contribution < -0.4 is 39.1 Å². The van der Waals surface area contributed by atoms with Gasteiger partial charge in [0, 0.05) is 12.3 Å². The fraction of sp³-hybridized carbons (Fsp3) is 0.526. The van der Waals surface area contributed by atoms with E-state index in [-0.39, 0.29) is 29.3 Å². The third-order valence-corrected chi connectivity index (χ3v) is 8.54. The average Bonchev–Trinajstić information content (AvgIpc) is 3.57. The molecule has 11 N–H and O–H groups in total. The highest BCUT2D eigenvalue weighted by Crippen LogP contribution is 2.51. The third-order valence-electron chi connectivity index (χ3n) is 6.61. The van der Waals surface area contributed by atoms with E-state index < -0.39 is 89.3 Å². The van der Waals surface area contributed by atoms with Crippen molar-refractivity contribution in [2.24, 2.45) is 0 Å². The van der Waals surface area contributed by atoms with E-state index in [2.05, 4.69) is 15.0 Å². The van der Waals surface area contributed by atoms with Gasteiger partial charge in [0.15, 0.2) is 36.3 Å². The average molecular weight is 673 g/mol. The first-order valence-electron chi connectivity index (χ1n) is 11.9. The van der Waals surface area contributed by atoms with E-state index in [1.165, 1.54) is 0 Å². The first kappa shape index (κ1) is 33.8. The number of H-pyrrole nitrogens is 1. The number of hydrogen-bond donors (Lipinski definition) is 4. The zero-order valence-electron chi connectivity index (χ0n) is 22.7.